The molecular formula is C19H19NO5. The topological polar surface area (TPSA) is 88.0 Å². The maximum Gasteiger partial charge on any atom is 0.239 e. The number of para-hydroxylation sites is 1. The summed E-state index contributed by atoms with van der Waals surface area (Å²) >= 11 is 0. The van der Waals surface area contributed by atoms with Crippen molar-refractivity contribution in [3.63, 3.8) is 0 Å². The highest BCUT2D eigenvalue weighted by molar-refractivity contribution is 6.09. The third-order valence-electron chi connectivity index (χ3n) is 4.67. The van der Waals surface area contributed by atoms with Crippen LogP contribution in [0.4, 0.5) is 5.69 Å². The fourth-order valence-corrected chi connectivity index (χ4v) is 3.78. The summed E-state index contributed by atoms with van der Waals surface area (Å²) in [5.41, 5.74) is -0.580. The van der Waals surface area contributed by atoms with Gasteiger partial charge in [0.15, 0.2) is 11.5 Å². The number of phenols is 1. The number of aliphatic hydroxyl groups is 1. The zero-order valence-corrected chi connectivity index (χ0v) is 14.0. The van der Waals surface area contributed by atoms with Crippen LogP contribution in [0.3, 0.4) is 0 Å². The number of hydrogen-bond acceptors (Lipinski definition) is 5. The number of rotatable bonds is 3. The third-order valence-corrected chi connectivity index (χ3v) is 4.67. The summed E-state index contributed by atoms with van der Waals surface area (Å²) in [6, 6.07) is 10.4. The first-order valence-corrected chi connectivity index (χ1v) is 8.08. The molecule has 4 rings (SSSR count). The van der Waals surface area contributed by atoms with Crippen LogP contribution in [0.2, 0.25) is 0 Å². The van der Waals surface area contributed by atoms with Gasteiger partial charge in [0.05, 0.1) is 5.60 Å². The van der Waals surface area contributed by atoms with Gasteiger partial charge in [0.2, 0.25) is 12.7 Å². The van der Waals surface area contributed by atoms with Crippen molar-refractivity contribution >= 4 is 11.6 Å². The van der Waals surface area contributed by atoms with Gasteiger partial charge >= 0.3 is 0 Å². The number of fused-ring (bicyclic) bond motifs is 2. The predicted molar refractivity (Wildman–Crippen MR) is 91.0 cm³/mol. The van der Waals surface area contributed by atoms with Gasteiger partial charge in [-0.3, -0.25) is 4.79 Å². The molecule has 0 spiro atoms. The molecule has 2 aliphatic rings. The minimum Gasteiger partial charge on any atom is -0.507 e. The minimum absolute atomic E-state index is 0.0690. The van der Waals surface area contributed by atoms with E-state index in [0.717, 1.165) is 5.56 Å². The van der Waals surface area contributed by atoms with Gasteiger partial charge in [0, 0.05) is 17.3 Å². The van der Waals surface area contributed by atoms with Crippen molar-refractivity contribution in [2.75, 3.05) is 12.1 Å². The van der Waals surface area contributed by atoms with Crippen molar-refractivity contribution in [1.29, 1.82) is 0 Å². The second-order valence-corrected chi connectivity index (χ2v) is 7.12. The van der Waals surface area contributed by atoms with Gasteiger partial charge in [-0.1, -0.05) is 18.2 Å². The molecule has 1 atom stereocenters. The van der Waals surface area contributed by atoms with Crippen LogP contribution >= 0.6 is 0 Å². The molecule has 2 heterocycles. The molecule has 6 heteroatoms. The second kappa shape index (κ2) is 5.13. The van der Waals surface area contributed by atoms with Crippen LogP contribution in [0.15, 0.2) is 36.4 Å². The Kier molecular flexibility index (Phi) is 3.24. The van der Waals surface area contributed by atoms with Crippen LogP contribution in [0.5, 0.6) is 17.2 Å². The first-order valence-electron chi connectivity index (χ1n) is 8.08. The minimum atomic E-state index is -1.22. The summed E-state index contributed by atoms with van der Waals surface area (Å²) < 4.78 is 10.7. The van der Waals surface area contributed by atoms with E-state index in [9.17, 15) is 15.0 Å². The smallest absolute Gasteiger partial charge is 0.239 e. The van der Waals surface area contributed by atoms with Gasteiger partial charge in [-0.05, 0) is 38.0 Å². The summed E-state index contributed by atoms with van der Waals surface area (Å²) in [5, 5.41) is 24.0. The summed E-state index contributed by atoms with van der Waals surface area (Å²) in [5.74, 6) is 0.553. The van der Waals surface area contributed by atoms with Crippen LogP contribution in [-0.4, -0.2) is 28.5 Å². The third kappa shape index (κ3) is 2.33. The largest absolute Gasteiger partial charge is 0.507 e. The average molecular weight is 341 g/mol. The van der Waals surface area contributed by atoms with Gasteiger partial charge in [-0.2, -0.15) is 0 Å². The molecule has 1 amide bonds. The van der Waals surface area contributed by atoms with E-state index < -0.39 is 11.0 Å². The lowest BCUT2D eigenvalue weighted by atomic mass is 9.68. The number of phenolic OH excluding ortho intramolecular Hbond substituents is 1. The van der Waals surface area contributed by atoms with Crippen LogP contribution in [0.1, 0.15) is 31.4 Å². The fourth-order valence-electron chi connectivity index (χ4n) is 3.78. The summed E-state index contributed by atoms with van der Waals surface area (Å²) in [6.07, 6.45) is 0.107. The molecular weight excluding hydrogens is 322 g/mol. The zero-order valence-electron chi connectivity index (χ0n) is 14.0. The first kappa shape index (κ1) is 15.8. The van der Waals surface area contributed by atoms with E-state index in [4.69, 9.17) is 9.47 Å². The van der Waals surface area contributed by atoms with Crippen molar-refractivity contribution < 1.29 is 24.5 Å². The SMILES string of the molecule is CC(C)(O)CC1(c2cc3c(cc2O)OCO3)C(=O)Nc2ccccc21. The Morgan fingerprint density at radius 2 is 1.84 bits per heavy atom. The Morgan fingerprint density at radius 3 is 2.56 bits per heavy atom. The van der Waals surface area contributed by atoms with E-state index in [1.807, 2.05) is 24.3 Å². The van der Waals surface area contributed by atoms with Crippen molar-refractivity contribution in [3.05, 3.63) is 47.5 Å². The van der Waals surface area contributed by atoms with Crippen molar-refractivity contribution in [2.24, 2.45) is 0 Å². The quantitative estimate of drug-likeness (QED) is 0.798. The number of aromatic hydroxyl groups is 1. The molecule has 0 saturated carbocycles. The van der Waals surface area contributed by atoms with E-state index in [1.165, 1.54) is 6.07 Å². The Labute approximate surface area is 145 Å². The number of carbonyl (C=O) groups is 1. The maximum atomic E-state index is 13.1. The molecule has 2 aromatic carbocycles. The number of amides is 1. The Hall–Kier alpha value is -2.73. The Bertz CT molecular complexity index is 871. The van der Waals surface area contributed by atoms with Crippen molar-refractivity contribution in [2.45, 2.75) is 31.3 Å². The number of hydrogen-bond donors (Lipinski definition) is 3. The lowest BCUT2D eigenvalue weighted by molar-refractivity contribution is -0.121. The first-order chi connectivity index (χ1) is 11.8. The van der Waals surface area contributed by atoms with E-state index in [2.05, 4.69) is 5.32 Å². The Morgan fingerprint density at radius 1 is 1.16 bits per heavy atom. The molecule has 1 unspecified atom stereocenters. The van der Waals surface area contributed by atoms with E-state index in [0.29, 0.717) is 22.7 Å². The highest BCUT2D eigenvalue weighted by Gasteiger charge is 2.52. The standard InChI is InChI=1S/C19H19NO5/c1-18(2,23)9-19(11-5-3-4-6-13(11)20-17(19)22)12-7-15-16(8-14(12)21)25-10-24-15/h3-8,21,23H,9-10H2,1-2H3,(H,20,22). The monoisotopic (exact) mass is 341 g/mol. The van der Waals surface area contributed by atoms with E-state index in [-0.39, 0.29) is 24.9 Å². The molecule has 0 aliphatic carbocycles. The van der Waals surface area contributed by atoms with Crippen LogP contribution in [0, 0.1) is 0 Å². The molecule has 0 bridgehead atoms. The zero-order chi connectivity index (χ0) is 17.8. The van der Waals surface area contributed by atoms with E-state index >= 15 is 0 Å². The fraction of sp³-hybridized carbons (Fsp3) is 0.316. The molecule has 3 N–H and O–H groups in total. The van der Waals surface area contributed by atoms with E-state index in [1.54, 1.807) is 19.9 Å². The molecule has 6 nitrogen and oxygen atoms in total. The molecule has 0 radical (unpaired) electrons. The van der Waals surface area contributed by atoms with Crippen molar-refractivity contribution in [3.8, 4) is 17.2 Å². The molecule has 0 aromatic heterocycles. The molecule has 25 heavy (non-hydrogen) atoms. The molecule has 130 valence electrons. The van der Waals surface area contributed by atoms with Gasteiger partial charge in [0.1, 0.15) is 11.2 Å². The highest BCUT2D eigenvalue weighted by atomic mass is 16.7. The number of carbonyl (C=O) groups excluding carboxylic acids is 1. The highest BCUT2D eigenvalue weighted by Crippen LogP contribution is 2.52. The summed E-state index contributed by atoms with van der Waals surface area (Å²) in [4.78, 5) is 13.1. The number of benzene rings is 2. The normalized spacial score (nSPS) is 21.2. The van der Waals surface area contributed by atoms with Crippen LogP contribution in [-0.2, 0) is 10.2 Å². The van der Waals surface area contributed by atoms with Gasteiger partial charge in [-0.25, -0.2) is 0 Å². The molecule has 0 saturated heterocycles. The molecule has 0 fully saturated rings. The lowest BCUT2D eigenvalue weighted by Gasteiger charge is -2.34. The Balaban J connectivity index is 1.99. The summed E-state index contributed by atoms with van der Waals surface area (Å²) in [6.45, 7) is 3.36. The number of anilines is 1. The van der Waals surface area contributed by atoms with Crippen molar-refractivity contribution in [1.82, 2.24) is 0 Å². The van der Waals surface area contributed by atoms with Gasteiger partial charge in [-0.15, -0.1) is 0 Å². The van der Waals surface area contributed by atoms with Gasteiger partial charge < -0.3 is 25.0 Å². The summed E-state index contributed by atoms with van der Waals surface area (Å²) in [7, 11) is 0. The second-order valence-electron chi connectivity index (χ2n) is 7.12. The number of nitrogens with one attached hydrogen (secondary N) is 1. The number of ether oxygens (including phenoxy) is 2. The lowest BCUT2D eigenvalue weighted by Crippen LogP contribution is -2.42. The molecule has 2 aromatic rings. The maximum absolute atomic E-state index is 13.1. The average Bonchev–Trinajstić information content (AvgIpc) is 3.08. The van der Waals surface area contributed by atoms with Crippen LogP contribution < -0.4 is 14.8 Å². The van der Waals surface area contributed by atoms with Gasteiger partial charge in [0.25, 0.3) is 0 Å². The molecule has 2 aliphatic heterocycles. The van der Waals surface area contributed by atoms with Crippen LogP contribution in [0.25, 0.3) is 0 Å². The predicted octanol–water partition coefficient (Wildman–Crippen LogP) is 2.52.